The zero-order valence-corrected chi connectivity index (χ0v) is 19.0. The number of esters is 2. The first-order valence-corrected chi connectivity index (χ1v) is 10.4. The topological polar surface area (TPSA) is 119 Å². The molecule has 2 rings (SSSR count). The first kappa shape index (κ1) is 26.5. The maximum absolute atomic E-state index is 12.5. The molecule has 0 aliphatic rings. The molecule has 0 bridgehead atoms. The Morgan fingerprint density at radius 2 is 1.29 bits per heavy atom. The number of hydrogen-bond acceptors (Lipinski definition) is 7. The van der Waals surface area contributed by atoms with Gasteiger partial charge in [-0.25, -0.2) is 37.7 Å². The van der Waals surface area contributed by atoms with Crippen LogP contribution in [0.1, 0.15) is 20.7 Å². The molecule has 0 aliphatic heterocycles. The van der Waals surface area contributed by atoms with Crippen LogP contribution in [-0.4, -0.2) is 38.9 Å². The Balaban J connectivity index is 2.03. The molecule has 2 aromatic rings. The van der Waals surface area contributed by atoms with Gasteiger partial charge in [-0.2, -0.15) is 0 Å². The molecular formula is C25H25N3O7. The summed E-state index contributed by atoms with van der Waals surface area (Å²) in [4.78, 5) is 61.5. The summed E-state index contributed by atoms with van der Waals surface area (Å²) in [6, 6.07) is 6.11. The largest absolute Gasteiger partial charge is 0.458 e. The van der Waals surface area contributed by atoms with Crippen LogP contribution >= 0.6 is 0 Å². The van der Waals surface area contributed by atoms with E-state index >= 15 is 0 Å². The molecule has 0 aliphatic carbocycles. The summed E-state index contributed by atoms with van der Waals surface area (Å²) in [5.41, 5.74) is -2.24. The first-order chi connectivity index (χ1) is 16.9. The molecule has 0 unspecified atom stereocenters. The van der Waals surface area contributed by atoms with E-state index in [0.717, 1.165) is 19.9 Å². The molecule has 1 aromatic carbocycles. The van der Waals surface area contributed by atoms with Crippen LogP contribution in [0.2, 0.25) is 0 Å². The molecule has 0 saturated carbocycles. The predicted octanol–water partition coefficient (Wildman–Crippen LogP) is 1.77. The van der Waals surface area contributed by atoms with Gasteiger partial charge < -0.3 is 9.47 Å². The van der Waals surface area contributed by atoms with Gasteiger partial charge in [-0.3, -0.25) is 0 Å². The van der Waals surface area contributed by atoms with Gasteiger partial charge in [0.05, 0.1) is 24.2 Å². The van der Waals surface area contributed by atoms with Crippen molar-refractivity contribution in [1.82, 2.24) is 13.7 Å². The summed E-state index contributed by atoms with van der Waals surface area (Å²) in [5.74, 6) is -1.37. The molecule has 35 heavy (non-hydrogen) atoms. The molecule has 182 valence electrons. The standard InChI is InChI=1S/C25H25N3O7/c1-4-15-27-23(31)26(6-3)24(32)28(25(27)33)16-11-7-8-12-18-35-22(30)20-14-10-9-13-19(20)21(29)34-17-5-2/h4-14H,1-3,15-18H2/b11-7+,12-8+. The van der Waals surface area contributed by atoms with E-state index in [1.165, 1.54) is 36.4 Å². The maximum atomic E-state index is 12.5. The molecule has 0 N–H and O–H groups in total. The van der Waals surface area contributed by atoms with E-state index in [1.807, 2.05) is 0 Å². The molecule has 0 amide bonds. The molecule has 1 aromatic heterocycles. The molecule has 0 radical (unpaired) electrons. The molecular weight excluding hydrogens is 454 g/mol. The van der Waals surface area contributed by atoms with E-state index < -0.39 is 29.0 Å². The van der Waals surface area contributed by atoms with Crippen molar-refractivity contribution in [2.45, 2.75) is 13.1 Å². The van der Waals surface area contributed by atoms with Crippen LogP contribution in [0.15, 0.2) is 94.8 Å². The Bertz CT molecular complexity index is 1360. The number of hydrogen-bond donors (Lipinski definition) is 0. The molecule has 10 nitrogen and oxygen atoms in total. The van der Waals surface area contributed by atoms with Crippen molar-refractivity contribution in [3.63, 3.8) is 0 Å². The van der Waals surface area contributed by atoms with Crippen molar-refractivity contribution in [2.75, 3.05) is 13.2 Å². The fraction of sp³-hybridized carbons (Fsp3) is 0.160. The average Bonchev–Trinajstić information content (AvgIpc) is 2.86. The smallest absolute Gasteiger partial charge is 0.340 e. The quantitative estimate of drug-likeness (QED) is 0.259. The average molecular weight is 479 g/mol. The summed E-state index contributed by atoms with van der Waals surface area (Å²) < 4.78 is 12.6. The Morgan fingerprint density at radius 1 is 0.743 bits per heavy atom. The summed E-state index contributed by atoms with van der Waals surface area (Å²) in [6.45, 7) is 10.2. The summed E-state index contributed by atoms with van der Waals surface area (Å²) >= 11 is 0. The Kier molecular flexibility index (Phi) is 9.92. The first-order valence-electron chi connectivity index (χ1n) is 10.4. The predicted molar refractivity (Wildman–Crippen MR) is 131 cm³/mol. The number of ether oxygens (including phenoxy) is 2. The Labute approximate surface area is 200 Å². The van der Waals surface area contributed by atoms with Crippen molar-refractivity contribution >= 4 is 18.1 Å². The van der Waals surface area contributed by atoms with E-state index in [1.54, 1.807) is 24.3 Å². The van der Waals surface area contributed by atoms with Crippen LogP contribution in [0, 0.1) is 0 Å². The van der Waals surface area contributed by atoms with Crippen molar-refractivity contribution in [2.24, 2.45) is 0 Å². The number of carbonyl (C=O) groups excluding carboxylic acids is 2. The van der Waals surface area contributed by atoms with E-state index in [0.29, 0.717) is 0 Å². The van der Waals surface area contributed by atoms with Gasteiger partial charge >= 0.3 is 29.0 Å². The normalized spacial score (nSPS) is 10.9. The zero-order chi connectivity index (χ0) is 25.8. The van der Waals surface area contributed by atoms with Crippen LogP contribution in [-0.2, 0) is 22.6 Å². The highest BCUT2D eigenvalue weighted by Crippen LogP contribution is 2.12. The zero-order valence-electron chi connectivity index (χ0n) is 19.0. The van der Waals surface area contributed by atoms with E-state index in [2.05, 4.69) is 19.7 Å². The van der Waals surface area contributed by atoms with Gasteiger partial charge in [-0.1, -0.05) is 55.7 Å². The number of rotatable bonds is 12. The molecule has 1 heterocycles. The number of carbonyl (C=O) groups is 2. The SMILES string of the molecule is C=CCOC(=O)c1ccccc1C(=O)OC/C=C/C=C/Cn1c(=O)n(C=C)c(=O)n(CC=C)c1=O. The fourth-order valence-corrected chi connectivity index (χ4v) is 2.88. The van der Waals surface area contributed by atoms with Crippen LogP contribution in [0.5, 0.6) is 0 Å². The third-order valence-electron chi connectivity index (χ3n) is 4.51. The highest BCUT2D eigenvalue weighted by Gasteiger charge is 2.18. The minimum absolute atomic E-state index is 0.0140. The number of benzene rings is 1. The van der Waals surface area contributed by atoms with Crippen LogP contribution in [0.25, 0.3) is 6.20 Å². The monoisotopic (exact) mass is 479 g/mol. The molecule has 10 heteroatoms. The minimum Gasteiger partial charge on any atom is -0.458 e. The van der Waals surface area contributed by atoms with Crippen molar-refractivity contribution < 1.29 is 19.1 Å². The lowest BCUT2D eigenvalue weighted by Gasteiger charge is -2.09. The van der Waals surface area contributed by atoms with E-state index in [9.17, 15) is 24.0 Å². The van der Waals surface area contributed by atoms with Crippen LogP contribution < -0.4 is 17.1 Å². The molecule has 0 fully saturated rings. The summed E-state index contributed by atoms with van der Waals surface area (Å²) in [5, 5.41) is 0. The van der Waals surface area contributed by atoms with Gasteiger partial charge in [-0.05, 0) is 18.2 Å². The highest BCUT2D eigenvalue weighted by molar-refractivity contribution is 6.03. The van der Waals surface area contributed by atoms with Crippen LogP contribution in [0.4, 0.5) is 0 Å². The second kappa shape index (κ2) is 13.1. The van der Waals surface area contributed by atoms with Gasteiger partial charge in [0.2, 0.25) is 0 Å². The lowest BCUT2D eigenvalue weighted by atomic mass is 10.1. The third kappa shape index (κ3) is 6.64. The fourth-order valence-electron chi connectivity index (χ4n) is 2.88. The van der Waals surface area contributed by atoms with Gasteiger partial charge in [-0.15, -0.1) is 6.58 Å². The van der Waals surface area contributed by atoms with E-state index in [-0.39, 0.29) is 37.4 Å². The minimum atomic E-state index is -0.817. The Hall–Kier alpha value is -4.73. The summed E-state index contributed by atoms with van der Waals surface area (Å²) in [7, 11) is 0. The molecule has 0 atom stereocenters. The maximum Gasteiger partial charge on any atom is 0.340 e. The second-order valence-electron chi connectivity index (χ2n) is 6.80. The molecule has 0 spiro atoms. The van der Waals surface area contributed by atoms with Crippen LogP contribution in [0.3, 0.4) is 0 Å². The second-order valence-corrected chi connectivity index (χ2v) is 6.80. The molecule has 0 saturated heterocycles. The number of allylic oxidation sites excluding steroid dienone is 4. The van der Waals surface area contributed by atoms with Gasteiger partial charge in [0, 0.05) is 6.20 Å². The van der Waals surface area contributed by atoms with Gasteiger partial charge in [0.25, 0.3) is 0 Å². The van der Waals surface area contributed by atoms with Crippen molar-refractivity contribution in [3.05, 3.63) is 123 Å². The number of aromatic nitrogens is 3. The van der Waals surface area contributed by atoms with Crippen molar-refractivity contribution in [3.8, 4) is 0 Å². The third-order valence-corrected chi connectivity index (χ3v) is 4.51. The summed E-state index contributed by atoms with van der Waals surface area (Å²) in [6.07, 6.45) is 9.96. The van der Waals surface area contributed by atoms with Gasteiger partial charge in [0.15, 0.2) is 0 Å². The van der Waals surface area contributed by atoms with E-state index in [4.69, 9.17) is 9.47 Å². The number of nitrogens with zero attached hydrogens (tertiary/aromatic N) is 3. The van der Waals surface area contributed by atoms with Gasteiger partial charge in [0.1, 0.15) is 13.2 Å². The van der Waals surface area contributed by atoms with Crippen molar-refractivity contribution in [1.29, 1.82) is 0 Å². The Morgan fingerprint density at radius 3 is 1.83 bits per heavy atom. The highest BCUT2D eigenvalue weighted by atomic mass is 16.5. The lowest BCUT2D eigenvalue weighted by Crippen LogP contribution is -2.52. The lowest BCUT2D eigenvalue weighted by molar-refractivity contribution is 0.0503.